The van der Waals surface area contributed by atoms with Crippen LogP contribution in [0.3, 0.4) is 0 Å². The number of carbonyl (C=O) groups is 1. The van der Waals surface area contributed by atoms with E-state index in [0.29, 0.717) is 18.1 Å². The zero-order valence-corrected chi connectivity index (χ0v) is 15.0. The highest BCUT2D eigenvalue weighted by molar-refractivity contribution is 6.31. The first-order valence-corrected chi connectivity index (χ1v) is 8.95. The lowest BCUT2D eigenvalue weighted by Crippen LogP contribution is -2.39. The fourth-order valence-corrected chi connectivity index (χ4v) is 3.69. The summed E-state index contributed by atoms with van der Waals surface area (Å²) in [6.07, 6.45) is 3.55. The minimum Gasteiger partial charge on any atom is -0.338 e. The molecule has 8 nitrogen and oxygen atoms in total. The highest BCUT2D eigenvalue weighted by Crippen LogP contribution is 2.29. The van der Waals surface area contributed by atoms with Crippen LogP contribution in [0.25, 0.3) is 5.65 Å². The molecule has 0 radical (unpaired) electrons. The average molecular weight is 386 g/mol. The van der Waals surface area contributed by atoms with Crippen LogP contribution in [0.15, 0.2) is 42.6 Å². The summed E-state index contributed by atoms with van der Waals surface area (Å²) in [7, 11) is 0. The van der Waals surface area contributed by atoms with Gasteiger partial charge in [-0.25, -0.2) is 0 Å². The third kappa shape index (κ3) is 3.23. The first kappa shape index (κ1) is 17.4. The number of likely N-dealkylation sites (tertiary alicyclic amines) is 1. The fourth-order valence-electron chi connectivity index (χ4n) is 3.52. The normalized spacial score (nSPS) is 17.2. The number of nitrogens with zero attached hydrogens (tertiary/aromatic N) is 5. The number of rotatable bonds is 3. The number of aromatic nitrogens is 3. The summed E-state index contributed by atoms with van der Waals surface area (Å²) >= 11 is 5.96. The van der Waals surface area contributed by atoms with Crippen LogP contribution < -0.4 is 0 Å². The van der Waals surface area contributed by atoms with Gasteiger partial charge in [-0.15, -0.1) is 10.2 Å². The first-order chi connectivity index (χ1) is 13.0. The molecule has 1 aromatic carbocycles. The van der Waals surface area contributed by atoms with Crippen LogP contribution in [0.2, 0.25) is 5.02 Å². The van der Waals surface area contributed by atoms with Crippen molar-refractivity contribution < 1.29 is 9.72 Å². The third-order valence-corrected chi connectivity index (χ3v) is 5.03. The van der Waals surface area contributed by atoms with Gasteiger partial charge in [0.2, 0.25) is 0 Å². The molecule has 9 heteroatoms. The smallest absolute Gasteiger partial charge is 0.282 e. The Morgan fingerprint density at radius 3 is 2.93 bits per heavy atom. The van der Waals surface area contributed by atoms with Crippen LogP contribution in [0.5, 0.6) is 0 Å². The molecule has 1 amide bonds. The first-order valence-electron chi connectivity index (χ1n) is 8.57. The summed E-state index contributed by atoms with van der Waals surface area (Å²) in [6, 6.07) is 9.71. The van der Waals surface area contributed by atoms with E-state index in [0.717, 1.165) is 24.3 Å². The van der Waals surface area contributed by atoms with Crippen molar-refractivity contribution in [3.8, 4) is 0 Å². The van der Waals surface area contributed by atoms with Crippen LogP contribution in [0, 0.1) is 10.1 Å². The Labute approximate surface area is 159 Å². The summed E-state index contributed by atoms with van der Waals surface area (Å²) in [5.74, 6) is 0.421. The lowest BCUT2D eigenvalue weighted by atomic mass is 9.96. The number of benzene rings is 1. The summed E-state index contributed by atoms with van der Waals surface area (Å²) in [5, 5.41) is 20.0. The van der Waals surface area contributed by atoms with Gasteiger partial charge in [0.05, 0.1) is 4.92 Å². The number of nitro benzene ring substituents is 1. The van der Waals surface area contributed by atoms with E-state index in [1.807, 2.05) is 28.8 Å². The van der Waals surface area contributed by atoms with Crippen molar-refractivity contribution in [3.63, 3.8) is 0 Å². The molecule has 27 heavy (non-hydrogen) atoms. The molecular weight excluding hydrogens is 370 g/mol. The van der Waals surface area contributed by atoms with E-state index in [-0.39, 0.29) is 23.1 Å². The van der Waals surface area contributed by atoms with Crippen molar-refractivity contribution in [2.75, 3.05) is 13.1 Å². The molecule has 0 N–H and O–H groups in total. The monoisotopic (exact) mass is 385 g/mol. The Balaban J connectivity index is 1.63. The van der Waals surface area contributed by atoms with Gasteiger partial charge in [0.25, 0.3) is 11.6 Å². The highest BCUT2D eigenvalue weighted by Gasteiger charge is 2.31. The quantitative estimate of drug-likeness (QED) is 0.509. The van der Waals surface area contributed by atoms with Crippen molar-refractivity contribution >= 4 is 28.8 Å². The van der Waals surface area contributed by atoms with Gasteiger partial charge in [0.15, 0.2) is 5.65 Å². The molecule has 3 heterocycles. The van der Waals surface area contributed by atoms with Crippen molar-refractivity contribution in [1.29, 1.82) is 0 Å². The van der Waals surface area contributed by atoms with E-state index in [1.54, 1.807) is 4.90 Å². The van der Waals surface area contributed by atoms with Gasteiger partial charge in [0.1, 0.15) is 11.4 Å². The molecule has 1 atom stereocenters. The fraction of sp³-hybridized carbons (Fsp3) is 0.278. The molecule has 3 aromatic rings. The van der Waals surface area contributed by atoms with Gasteiger partial charge in [-0.1, -0.05) is 17.7 Å². The van der Waals surface area contributed by atoms with Crippen LogP contribution in [0.1, 0.15) is 34.9 Å². The zero-order chi connectivity index (χ0) is 19.0. The second kappa shape index (κ2) is 6.96. The Morgan fingerprint density at radius 2 is 2.11 bits per heavy atom. The maximum Gasteiger partial charge on any atom is 0.282 e. The van der Waals surface area contributed by atoms with Gasteiger partial charge >= 0.3 is 0 Å². The van der Waals surface area contributed by atoms with Crippen LogP contribution in [0.4, 0.5) is 5.69 Å². The molecule has 1 saturated heterocycles. The molecule has 1 unspecified atom stereocenters. The number of amides is 1. The van der Waals surface area contributed by atoms with Gasteiger partial charge < -0.3 is 4.90 Å². The average Bonchev–Trinajstić information content (AvgIpc) is 3.11. The zero-order valence-electron chi connectivity index (χ0n) is 14.3. The lowest BCUT2D eigenvalue weighted by molar-refractivity contribution is -0.385. The second-order valence-corrected chi connectivity index (χ2v) is 6.93. The van der Waals surface area contributed by atoms with Crippen LogP contribution >= 0.6 is 11.6 Å². The number of halogens is 1. The van der Waals surface area contributed by atoms with E-state index < -0.39 is 4.92 Å². The predicted molar refractivity (Wildman–Crippen MR) is 99.0 cm³/mol. The lowest BCUT2D eigenvalue weighted by Gasteiger charge is -2.32. The highest BCUT2D eigenvalue weighted by atomic mass is 35.5. The Morgan fingerprint density at radius 1 is 1.26 bits per heavy atom. The molecule has 0 aliphatic carbocycles. The molecule has 0 saturated carbocycles. The molecule has 1 aliphatic heterocycles. The molecule has 2 aromatic heterocycles. The number of pyridine rings is 1. The van der Waals surface area contributed by atoms with E-state index in [4.69, 9.17) is 11.6 Å². The number of piperidine rings is 1. The molecule has 0 bridgehead atoms. The van der Waals surface area contributed by atoms with Crippen molar-refractivity contribution in [1.82, 2.24) is 19.5 Å². The number of hydrogen-bond acceptors (Lipinski definition) is 5. The van der Waals surface area contributed by atoms with Crippen molar-refractivity contribution in [2.45, 2.75) is 18.8 Å². The summed E-state index contributed by atoms with van der Waals surface area (Å²) < 4.78 is 1.92. The van der Waals surface area contributed by atoms with Gasteiger partial charge in [-0.3, -0.25) is 19.3 Å². The van der Waals surface area contributed by atoms with Crippen molar-refractivity contribution in [3.05, 3.63) is 69.1 Å². The van der Waals surface area contributed by atoms with E-state index >= 15 is 0 Å². The molecular formula is C18H16ClN5O3. The van der Waals surface area contributed by atoms with Gasteiger partial charge in [-0.05, 0) is 37.1 Å². The maximum atomic E-state index is 13.0. The minimum absolute atomic E-state index is 0.0124. The number of fused-ring (bicyclic) bond motifs is 1. The Kier molecular flexibility index (Phi) is 4.49. The molecule has 1 aliphatic rings. The van der Waals surface area contributed by atoms with Crippen molar-refractivity contribution in [2.24, 2.45) is 0 Å². The maximum absolute atomic E-state index is 13.0. The SMILES string of the molecule is O=C(c1cc(Cl)ccc1[N+](=O)[O-])N1CCCC(c2nnc3ccccn23)C1. The standard InChI is InChI=1S/C18H16ClN5O3/c19-13-6-7-15(24(26)27)14(10-13)18(25)22-8-3-4-12(11-22)17-21-20-16-5-1-2-9-23(16)17/h1-2,5-7,9-10,12H,3-4,8,11H2. The largest absolute Gasteiger partial charge is 0.338 e. The molecule has 0 spiro atoms. The second-order valence-electron chi connectivity index (χ2n) is 6.50. The Bertz CT molecular complexity index is 1030. The van der Waals surface area contributed by atoms with Crippen LogP contribution in [-0.4, -0.2) is 43.4 Å². The molecule has 138 valence electrons. The van der Waals surface area contributed by atoms with E-state index in [1.165, 1.54) is 18.2 Å². The topological polar surface area (TPSA) is 93.6 Å². The molecule has 1 fully saturated rings. The minimum atomic E-state index is -0.559. The van der Waals surface area contributed by atoms with Crippen LogP contribution in [-0.2, 0) is 0 Å². The number of nitro groups is 1. The number of hydrogen-bond donors (Lipinski definition) is 0. The van der Waals surface area contributed by atoms with Gasteiger partial charge in [0, 0.05) is 36.3 Å². The summed E-state index contributed by atoms with van der Waals surface area (Å²) in [4.78, 5) is 25.3. The molecule has 4 rings (SSSR count). The van der Waals surface area contributed by atoms with Gasteiger partial charge in [-0.2, -0.15) is 0 Å². The Hall–Kier alpha value is -3.00. The predicted octanol–water partition coefficient (Wildman–Crippen LogP) is 3.31. The van der Waals surface area contributed by atoms with E-state index in [2.05, 4.69) is 10.2 Å². The summed E-state index contributed by atoms with van der Waals surface area (Å²) in [6.45, 7) is 0.966. The summed E-state index contributed by atoms with van der Waals surface area (Å²) in [5.41, 5.74) is 0.528. The number of carbonyl (C=O) groups excluding carboxylic acids is 1. The van der Waals surface area contributed by atoms with E-state index in [9.17, 15) is 14.9 Å². The third-order valence-electron chi connectivity index (χ3n) is 4.80.